The first-order valence-electron chi connectivity index (χ1n) is 31.4. The molecule has 0 spiro atoms. The maximum absolute atomic E-state index is 12.1. The molecule has 1 saturated heterocycles. The number of aliphatic hydroxyl groups is 2. The van der Waals surface area contributed by atoms with E-state index >= 15 is 0 Å². The quantitative estimate of drug-likeness (QED) is 0.0197. The third-order valence-electron chi connectivity index (χ3n) is 11.5. The third kappa shape index (κ3) is 72.0. The van der Waals surface area contributed by atoms with Crippen LogP contribution in [0.5, 0.6) is 0 Å². The Balaban J connectivity index is -0.0000000681. The first kappa shape index (κ1) is 136. The summed E-state index contributed by atoms with van der Waals surface area (Å²) in [6, 6.07) is 71.8. The summed E-state index contributed by atoms with van der Waals surface area (Å²) in [7, 11) is -6.01. The minimum absolute atomic E-state index is 0. The topological polar surface area (TPSA) is 172 Å². The van der Waals surface area contributed by atoms with Crippen molar-refractivity contribution >= 4 is 109 Å². The van der Waals surface area contributed by atoms with Crippen molar-refractivity contribution in [3.8, 4) is 0 Å². The Morgan fingerprint density at radius 1 is 0.490 bits per heavy atom. The Labute approximate surface area is 787 Å². The van der Waals surface area contributed by atoms with Crippen LogP contribution >= 0.6 is 63.5 Å². The Kier molecular flexibility index (Phi) is 127. The molecule has 1 unspecified atom stereocenters. The predicted molar refractivity (Wildman–Crippen MR) is 442 cm³/mol. The first-order chi connectivity index (χ1) is 45.5. The van der Waals surface area contributed by atoms with E-state index < -0.39 is 31.5 Å². The summed E-state index contributed by atoms with van der Waals surface area (Å²) in [4.78, 5) is 39.6. The van der Waals surface area contributed by atoms with E-state index in [1.54, 1.807) is 103 Å². The number of hydrogen-bond acceptors (Lipinski definition) is 13. The maximum Gasteiger partial charge on any atom is 1.00 e. The van der Waals surface area contributed by atoms with Gasteiger partial charge in [-0.3, -0.25) is 14.4 Å². The van der Waals surface area contributed by atoms with Crippen LogP contribution in [0.15, 0.2) is 262 Å². The minimum Gasteiger partial charge on any atom is -1.00 e. The van der Waals surface area contributed by atoms with Crippen molar-refractivity contribution in [3.05, 3.63) is 295 Å². The number of sulfone groups is 2. The van der Waals surface area contributed by atoms with Crippen molar-refractivity contribution in [2.24, 2.45) is 0 Å². The van der Waals surface area contributed by atoms with Crippen molar-refractivity contribution in [2.45, 2.75) is 115 Å². The Morgan fingerprint density at radius 2 is 0.760 bits per heavy atom. The average molecular weight is 1920 g/mol. The molecule has 0 bridgehead atoms. The van der Waals surface area contributed by atoms with Crippen LogP contribution in [0.3, 0.4) is 0 Å². The molecule has 0 saturated carbocycles. The standard InChI is InChI=1S/C14H14O3S.C14H12O3S.C14H12OS.C8H7BrO.C6H15N.C6H6S.C4H8O.4C2H6.CH2Cl2.CH4O.4CH3.B.Na.4Y.H/c2*15-14(12-7-3-1-4-8-12)11-18(16,17)13-9-5-2-6-10-13;15-14(12-7-3-1-4-8-12)11-16-13-9-5-2-6-10-13;9-6-8(10)7-4-2-1-3-5-7;1-4-7(5-2)6-3;7-6-4-2-1-3-5-6;1-2-4-5-3-1;4*1-2;2-1-3;1-2;;;;;;;;;;;/h1-10,14-15H,11H2;1-10H,11H2;1-10H,11H2;1-5H,6H2;4-6H2,1-3H3;1-5,7H;1-4H2;4*1-2H3;1H2;2H,1H3;4*1H3;;;;;;;/q;;;;;;;;;;;;;4*-1;;+1;;;;;-1. The van der Waals surface area contributed by atoms with Crippen LogP contribution in [0, 0.1) is 29.7 Å². The van der Waals surface area contributed by atoms with Gasteiger partial charge in [-0.05, 0) is 86.6 Å². The van der Waals surface area contributed by atoms with Gasteiger partial charge in [0.05, 0.1) is 38.1 Å². The Hall–Kier alpha value is -0.249. The van der Waals surface area contributed by atoms with Crippen molar-refractivity contribution in [1.82, 2.24) is 4.90 Å². The predicted octanol–water partition coefficient (Wildman–Crippen LogP) is 18.2. The molecule has 9 rings (SSSR count). The fourth-order valence-electron chi connectivity index (χ4n) is 6.98. The molecule has 104 heavy (non-hydrogen) atoms. The molecule has 2 N–H and O–H groups in total. The molecule has 1 fully saturated rings. The second-order valence-corrected chi connectivity index (χ2v) is 24.5. The molecule has 1 aliphatic heterocycles. The van der Waals surface area contributed by atoms with E-state index in [4.69, 9.17) is 33.0 Å². The van der Waals surface area contributed by atoms with Gasteiger partial charge in [-0.15, -0.1) is 47.6 Å². The zero-order chi connectivity index (χ0) is 71.7. The fourth-order valence-corrected chi connectivity index (χ4v) is 10.9. The number of halogens is 3. The molecule has 1 atom stereocenters. The Bertz CT molecular complexity index is 3220. The normalized spacial score (nSPS) is 9.53. The van der Waals surface area contributed by atoms with Crippen molar-refractivity contribution in [1.29, 1.82) is 0 Å². The number of carbonyl (C=O) groups is 3. The summed E-state index contributed by atoms with van der Waals surface area (Å²) in [5.41, 5.74) is 2.57. The van der Waals surface area contributed by atoms with E-state index in [1.165, 1.54) is 56.7 Å². The number of hydrogen-bond donors (Lipinski definition) is 3. The van der Waals surface area contributed by atoms with Crippen molar-refractivity contribution in [2.75, 3.05) is 67.9 Å². The van der Waals surface area contributed by atoms with Gasteiger partial charge in [0.2, 0.25) is 0 Å². The number of benzene rings is 8. The molecule has 0 aromatic heterocycles. The van der Waals surface area contributed by atoms with Gasteiger partial charge in [-0.1, -0.05) is 286 Å². The largest absolute Gasteiger partial charge is 1.00 e. The summed E-state index contributed by atoms with van der Waals surface area (Å²) in [5.74, 6) is -0.398. The molecule has 0 amide bonds. The number of carbonyl (C=O) groups excluding carboxylic acids is 3. The van der Waals surface area contributed by atoms with Crippen LogP contribution in [-0.4, -0.2) is 126 Å². The number of alkyl halides is 3. The Morgan fingerprint density at radius 3 is 1.03 bits per heavy atom. The van der Waals surface area contributed by atoms with E-state index in [1.807, 2.05) is 183 Å². The van der Waals surface area contributed by atoms with E-state index in [2.05, 4.69) is 54.2 Å². The van der Waals surface area contributed by atoms with Crippen LogP contribution < -0.4 is 29.6 Å². The van der Waals surface area contributed by atoms with Gasteiger partial charge >= 0.3 is 29.6 Å². The second kappa shape index (κ2) is 96.9. The van der Waals surface area contributed by atoms with Gasteiger partial charge in [0.15, 0.2) is 37.0 Å². The monoisotopic (exact) mass is 1920 g/mol. The van der Waals surface area contributed by atoms with Crippen molar-refractivity contribution < 1.29 is 208 Å². The zero-order valence-electron chi connectivity index (χ0n) is 66.0. The summed E-state index contributed by atoms with van der Waals surface area (Å²) >= 11 is 18.3. The van der Waals surface area contributed by atoms with Gasteiger partial charge in [0, 0.05) is 186 Å². The van der Waals surface area contributed by atoms with Gasteiger partial charge < -0.3 is 51.0 Å². The smallest absolute Gasteiger partial charge is 1.00 e. The maximum atomic E-state index is 12.1. The number of rotatable bonds is 17. The number of nitrogens with zero attached hydrogens (tertiary/aromatic N) is 1. The molecule has 8 aromatic rings. The van der Waals surface area contributed by atoms with Crippen LogP contribution in [-0.2, 0) is 155 Å². The molecule has 567 valence electrons. The van der Waals surface area contributed by atoms with E-state index in [-0.39, 0.29) is 238 Å². The van der Waals surface area contributed by atoms with E-state index in [0.29, 0.717) is 22.2 Å². The van der Waals surface area contributed by atoms with Gasteiger partial charge in [0.1, 0.15) is 5.75 Å². The number of Topliss-reactive ketones (excluding diaryl/α,β-unsaturated/α-hetero) is 3. The fraction of sp³-hybridized carbons (Fsp3) is 0.312. The summed E-state index contributed by atoms with van der Waals surface area (Å²) in [6.07, 6.45) is 1.55. The summed E-state index contributed by atoms with van der Waals surface area (Å²) in [6.45, 7) is 28.1. The zero-order valence-corrected chi connectivity index (χ0v) is 84.8. The molecule has 1 heterocycles. The average Bonchev–Trinajstić information content (AvgIpc) is 1.22. The first-order valence-corrected chi connectivity index (χ1v) is 38.4. The molecular weight excluding hydrogens is 1800 g/mol. The van der Waals surface area contributed by atoms with Gasteiger partial charge in [-0.2, -0.15) is 0 Å². The number of aliphatic hydroxyl groups excluding tert-OH is 2. The molecule has 8 aromatic carbocycles. The molecule has 0 aliphatic carbocycles. The molecule has 24 heteroatoms. The summed E-state index contributed by atoms with van der Waals surface area (Å²) < 4.78 is 53.0. The SMILES string of the molecule is C1CCOC1.CC.CC.CC.CC.CCN(CC)CC.CO.ClCCl.O=C(CBr)c1ccccc1.O=C(CS(=O)(=O)c1ccccc1)c1ccccc1.O=C(CSc1ccccc1)c1ccccc1.O=S(=O)(CC(O)c1ccccc1)c1ccccc1.Sc1ccccc1.[B].[CH3-].[CH3-].[CH3-].[CH3-].[H-].[Na+].[Y].[Y].[Y].[Y]. The van der Waals surface area contributed by atoms with Crippen molar-refractivity contribution in [3.63, 3.8) is 0 Å². The number of ketones is 3. The molecular formula is C80H117BBrCl2NNaO10S4Y4-4. The van der Waals surface area contributed by atoms with E-state index in [0.717, 1.165) is 41.2 Å². The van der Waals surface area contributed by atoms with E-state index in [9.17, 15) is 36.3 Å². The van der Waals surface area contributed by atoms with Gasteiger partial charge in [0.25, 0.3) is 0 Å². The number of ether oxygens (including phenoxy) is 1. The van der Waals surface area contributed by atoms with Crippen LogP contribution in [0.25, 0.3) is 0 Å². The number of thioether (sulfide) groups is 1. The molecule has 7 radical (unpaired) electrons. The van der Waals surface area contributed by atoms with Crippen LogP contribution in [0.2, 0.25) is 0 Å². The molecule has 1 aliphatic rings. The third-order valence-corrected chi connectivity index (χ3v) is 16.7. The van der Waals surface area contributed by atoms with Gasteiger partial charge in [-0.25, -0.2) is 16.8 Å². The van der Waals surface area contributed by atoms with Crippen LogP contribution in [0.4, 0.5) is 0 Å². The minimum atomic E-state index is -3.56. The summed E-state index contributed by atoms with van der Waals surface area (Å²) in [5, 5.41) is 17.5. The second-order valence-electron chi connectivity index (χ2n) is 17.6. The van der Waals surface area contributed by atoms with Crippen LogP contribution in [0.1, 0.15) is 133 Å². The number of thiol groups is 1. The molecule has 11 nitrogen and oxygen atoms in total.